The molecule has 0 radical (unpaired) electrons. The van der Waals surface area contributed by atoms with Gasteiger partial charge in [-0.2, -0.15) is 0 Å². The Labute approximate surface area is 176 Å². The van der Waals surface area contributed by atoms with Crippen LogP contribution in [-0.4, -0.2) is 65.9 Å². The zero-order chi connectivity index (χ0) is 22.4. The van der Waals surface area contributed by atoms with Crippen molar-refractivity contribution in [3.8, 4) is 5.75 Å². The summed E-state index contributed by atoms with van der Waals surface area (Å²) in [5.41, 5.74) is 0.0648. The molecule has 1 fully saturated rings. The predicted octanol–water partition coefficient (Wildman–Crippen LogP) is 2.03. The number of ether oxygens (including phenoxy) is 1. The van der Waals surface area contributed by atoms with E-state index in [-0.39, 0.29) is 18.2 Å². The zero-order valence-electron chi connectivity index (χ0n) is 16.4. The van der Waals surface area contributed by atoms with Crippen molar-refractivity contribution in [2.45, 2.75) is 0 Å². The maximum Gasteiger partial charge on any atom is 0.311 e. The highest BCUT2D eigenvalue weighted by Crippen LogP contribution is 2.27. The largest absolute Gasteiger partial charge is 0.477 e. The Bertz CT molecular complexity index is 963. The fourth-order valence-corrected chi connectivity index (χ4v) is 3.08. The van der Waals surface area contributed by atoms with Crippen LogP contribution in [0.5, 0.6) is 5.75 Å². The number of nitro groups is 1. The minimum absolute atomic E-state index is 0.116. The third kappa shape index (κ3) is 6.19. The van der Waals surface area contributed by atoms with Gasteiger partial charge in [-0.05, 0) is 30.3 Å². The minimum Gasteiger partial charge on any atom is -0.477 e. The molecule has 9 nitrogen and oxygen atoms in total. The molecule has 2 aromatic rings. The summed E-state index contributed by atoms with van der Waals surface area (Å²) in [7, 11) is 0. The number of nitro benzene ring substituents is 1. The van der Waals surface area contributed by atoms with Crippen molar-refractivity contribution in [2.24, 2.45) is 0 Å². The Morgan fingerprint density at radius 1 is 1.03 bits per heavy atom. The van der Waals surface area contributed by atoms with E-state index in [9.17, 15) is 28.5 Å². The molecule has 1 N–H and O–H groups in total. The summed E-state index contributed by atoms with van der Waals surface area (Å²) in [6.45, 7) is 1.24. The Balaban J connectivity index is 1.44. The number of carbonyl (C=O) groups excluding carboxylic acids is 2. The van der Waals surface area contributed by atoms with Gasteiger partial charge in [-0.25, -0.2) is 8.78 Å². The van der Waals surface area contributed by atoms with Gasteiger partial charge in [-0.1, -0.05) is 0 Å². The molecule has 1 heterocycles. The second kappa shape index (κ2) is 9.94. The molecule has 0 aliphatic carbocycles. The van der Waals surface area contributed by atoms with Crippen molar-refractivity contribution in [3.05, 3.63) is 64.2 Å². The number of anilines is 1. The molecule has 11 heteroatoms. The molecule has 0 spiro atoms. The third-order valence-electron chi connectivity index (χ3n) is 4.69. The van der Waals surface area contributed by atoms with E-state index in [0.29, 0.717) is 31.9 Å². The Morgan fingerprint density at radius 3 is 2.32 bits per heavy atom. The molecule has 2 amide bonds. The lowest BCUT2D eigenvalue weighted by Gasteiger charge is -2.34. The number of rotatable bonds is 7. The molecule has 0 atom stereocenters. The Kier molecular flexibility index (Phi) is 7.08. The SMILES string of the molecule is O=C(CN1CCN(C(=O)COc2cc(F)ccc2[N+](=O)[O-])CC1)Nc1ccc(F)cc1. The highest BCUT2D eigenvalue weighted by atomic mass is 19.1. The van der Waals surface area contributed by atoms with Crippen molar-refractivity contribution in [1.29, 1.82) is 0 Å². The van der Waals surface area contributed by atoms with E-state index in [1.807, 2.05) is 4.90 Å². The average molecular weight is 434 g/mol. The first-order valence-electron chi connectivity index (χ1n) is 9.44. The van der Waals surface area contributed by atoms with Crippen LogP contribution >= 0.6 is 0 Å². The predicted molar refractivity (Wildman–Crippen MR) is 107 cm³/mol. The van der Waals surface area contributed by atoms with E-state index in [0.717, 1.165) is 18.2 Å². The zero-order valence-corrected chi connectivity index (χ0v) is 16.4. The quantitative estimate of drug-likeness (QED) is 0.528. The fraction of sp³-hybridized carbons (Fsp3) is 0.300. The van der Waals surface area contributed by atoms with Crippen LogP contribution in [0.2, 0.25) is 0 Å². The van der Waals surface area contributed by atoms with Crippen LogP contribution in [0.3, 0.4) is 0 Å². The number of benzene rings is 2. The Hall–Kier alpha value is -3.60. The number of hydrogen-bond acceptors (Lipinski definition) is 6. The summed E-state index contributed by atoms with van der Waals surface area (Å²) >= 11 is 0. The molecule has 2 aromatic carbocycles. The summed E-state index contributed by atoms with van der Waals surface area (Å²) in [4.78, 5) is 38.1. The molecule has 31 heavy (non-hydrogen) atoms. The third-order valence-corrected chi connectivity index (χ3v) is 4.69. The number of nitrogens with one attached hydrogen (secondary N) is 1. The van der Waals surface area contributed by atoms with Crippen LogP contribution in [0.15, 0.2) is 42.5 Å². The van der Waals surface area contributed by atoms with Crippen LogP contribution in [-0.2, 0) is 9.59 Å². The number of carbonyl (C=O) groups is 2. The van der Waals surface area contributed by atoms with Crippen molar-refractivity contribution < 1.29 is 28.0 Å². The van der Waals surface area contributed by atoms with Crippen LogP contribution in [0.4, 0.5) is 20.2 Å². The van der Waals surface area contributed by atoms with E-state index in [2.05, 4.69) is 5.32 Å². The van der Waals surface area contributed by atoms with Gasteiger partial charge >= 0.3 is 5.69 Å². The lowest BCUT2D eigenvalue weighted by molar-refractivity contribution is -0.385. The molecule has 1 aliphatic heterocycles. The second-order valence-electron chi connectivity index (χ2n) is 6.87. The van der Waals surface area contributed by atoms with Gasteiger partial charge < -0.3 is 15.0 Å². The summed E-state index contributed by atoms with van der Waals surface area (Å²) in [5, 5.41) is 13.7. The summed E-state index contributed by atoms with van der Waals surface area (Å²) in [6.07, 6.45) is 0. The lowest BCUT2D eigenvalue weighted by Crippen LogP contribution is -2.51. The van der Waals surface area contributed by atoms with Gasteiger partial charge in [0.2, 0.25) is 11.7 Å². The van der Waals surface area contributed by atoms with Crippen LogP contribution in [0, 0.1) is 21.7 Å². The monoisotopic (exact) mass is 434 g/mol. The molecule has 1 aliphatic rings. The number of hydrogen-bond donors (Lipinski definition) is 1. The molecule has 0 bridgehead atoms. The molecule has 0 unspecified atom stereocenters. The maximum absolute atomic E-state index is 13.3. The van der Waals surface area contributed by atoms with Crippen molar-refractivity contribution in [3.63, 3.8) is 0 Å². The standard InChI is InChI=1S/C20H20F2N4O5/c21-14-1-4-16(5-2-14)23-19(27)12-24-7-9-25(10-8-24)20(28)13-31-18-11-15(22)3-6-17(18)26(29)30/h1-6,11H,7-10,12-13H2,(H,23,27). The molecule has 0 aromatic heterocycles. The van der Waals surface area contributed by atoms with E-state index in [1.165, 1.54) is 29.2 Å². The molecule has 1 saturated heterocycles. The van der Waals surface area contributed by atoms with Gasteiger partial charge in [0.15, 0.2) is 6.61 Å². The normalized spacial score (nSPS) is 14.2. The number of halogens is 2. The van der Waals surface area contributed by atoms with Crippen LogP contribution in [0.1, 0.15) is 0 Å². The fourth-order valence-electron chi connectivity index (χ4n) is 3.08. The van der Waals surface area contributed by atoms with E-state index < -0.39 is 34.8 Å². The molecular weight excluding hydrogens is 414 g/mol. The minimum atomic E-state index is -0.713. The number of piperazine rings is 1. The first-order chi connectivity index (χ1) is 14.8. The summed E-state index contributed by atoms with van der Waals surface area (Å²) in [5.74, 6) is -2.06. The van der Waals surface area contributed by atoms with Gasteiger partial charge in [0.25, 0.3) is 5.91 Å². The first-order valence-corrected chi connectivity index (χ1v) is 9.44. The van der Waals surface area contributed by atoms with Gasteiger partial charge in [0.1, 0.15) is 11.6 Å². The van der Waals surface area contributed by atoms with Crippen LogP contribution < -0.4 is 10.1 Å². The first kappa shape index (κ1) is 22.1. The highest BCUT2D eigenvalue weighted by molar-refractivity contribution is 5.92. The molecule has 164 valence electrons. The summed E-state index contributed by atoms with van der Waals surface area (Å²) < 4.78 is 31.4. The van der Waals surface area contributed by atoms with E-state index >= 15 is 0 Å². The van der Waals surface area contributed by atoms with Crippen molar-refractivity contribution in [1.82, 2.24) is 9.80 Å². The van der Waals surface area contributed by atoms with Gasteiger partial charge in [-0.15, -0.1) is 0 Å². The van der Waals surface area contributed by atoms with Gasteiger partial charge in [0.05, 0.1) is 11.5 Å². The number of nitrogens with zero attached hydrogens (tertiary/aromatic N) is 3. The van der Waals surface area contributed by atoms with E-state index in [4.69, 9.17) is 4.74 Å². The molecule has 3 rings (SSSR count). The number of amides is 2. The lowest BCUT2D eigenvalue weighted by atomic mass is 10.3. The molecular formula is C20H20F2N4O5. The smallest absolute Gasteiger partial charge is 0.311 e. The van der Waals surface area contributed by atoms with E-state index in [1.54, 1.807) is 0 Å². The molecule has 0 saturated carbocycles. The van der Waals surface area contributed by atoms with Crippen LogP contribution in [0.25, 0.3) is 0 Å². The topological polar surface area (TPSA) is 105 Å². The van der Waals surface area contributed by atoms with Gasteiger partial charge in [-0.3, -0.25) is 24.6 Å². The second-order valence-corrected chi connectivity index (χ2v) is 6.87. The average Bonchev–Trinajstić information content (AvgIpc) is 2.74. The highest BCUT2D eigenvalue weighted by Gasteiger charge is 2.24. The van der Waals surface area contributed by atoms with Gasteiger partial charge in [0, 0.05) is 44.0 Å². The maximum atomic E-state index is 13.3. The van der Waals surface area contributed by atoms with Crippen molar-refractivity contribution in [2.75, 3.05) is 44.6 Å². The van der Waals surface area contributed by atoms with Crippen molar-refractivity contribution >= 4 is 23.2 Å². The summed E-state index contributed by atoms with van der Waals surface area (Å²) in [6, 6.07) is 8.22. The Morgan fingerprint density at radius 2 is 1.68 bits per heavy atom.